The third-order valence-corrected chi connectivity index (χ3v) is 8.36. The lowest BCUT2D eigenvalue weighted by Crippen LogP contribution is -2.32. The number of unbranched alkanes of at least 4 members (excludes halogenated alkanes) is 4. The number of aromatic nitrogens is 1. The van der Waals surface area contributed by atoms with Crippen molar-refractivity contribution in [2.75, 3.05) is 5.75 Å². The Morgan fingerprint density at radius 3 is 2.35 bits per heavy atom. The van der Waals surface area contributed by atoms with Crippen LogP contribution in [-0.4, -0.2) is 15.4 Å². The molecule has 0 aliphatic carbocycles. The normalized spacial score (nSPS) is 13.3. The van der Waals surface area contributed by atoms with Crippen molar-refractivity contribution >= 4 is 38.7 Å². The first kappa shape index (κ1) is 27.5. The first-order valence-electron chi connectivity index (χ1n) is 14.0. The Labute approximate surface area is 226 Å². The number of para-hydroxylation sites is 1. The average molecular weight is 515 g/mol. The van der Waals surface area contributed by atoms with Gasteiger partial charge in [-0.25, -0.2) is 0 Å². The number of carbonyl (C=O) groups is 1. The molecule has 0 spiro atoms. The van der Waals surface area contributed by atoms with Crippen LogP contribution in [0.2, 0.25) is 0 Å². The molecule has 0 aliphatic rings. The molecule has 196 valence electrons. The minimum Gasteiger partial charge on any atom is -0.322 e. The van der Waals surface area contributed by atoms with Crippen molar-refractivity contribution in [1.82, 2.24) is 4.57 Å². The zero-order chi connectivity index (χ0) is 26.3. The monoisotopic (exact) mass is 514 g/mol. The smallest absolute Gasteiger partial charge is 0.188 e. The van der Waals surface area contributed by atoms with Gasteiger partial charge < -0.3 is 10.3 Å². The number of aryl methyl sites for hydroxylation is 1. The minimum absolute atomic E-state index is 0.308. The molecule has 1 heterocycles. The second-order valence-corrected chi connectivity index (χ2v) is 11.7. The summed E-state index contributed by atoms with van der Waals surface area (Å²) >= 11 is 1.50. The maximum absolute atomic E-state index is 12.3. The minimum atomic E-state index is -0.308. The molecule has 37 heavy (non-hydrogen) atoms. The van der Waals surface area contributed by atoms with Crippen LogP contribution in [0.3, 0.4) is 0 Å². The van der Waals surface area contributed by atoms with Crippen molar-refractivity contribution in [1.29, 1.82) is 0 Å². The van der Waals surface area contributed by atoms with E-state index in [9.17, 15) is 4.79 Å². The van der Waals surface area contributed by atoms with Gasteiger partial charge in [-0.2, -0.15) is 0 Å². The molecular formula is C33H42N2OS. The number of nitrogens with two attached hydrogens (primary N) is 1. The number of thioether (sulfide) groups is 1. The number of fused-ring (bicyclic) bond motifs is 3. The van der Waals surface area contributed by atoms with Crippen LogP contribution in [0.15, 0.2) is 66.7 Å². The zero-order valence-corrected chi connectivity index (χ0v) is 23.6. The highest BCUT2D eigenvalue weighted by molar-refractivity contribution is 8.13. The predicted molar refractivity (Wildman–Crippen MR) is 162 cm³/mol. The molecule has 1 aromatic heterocycles. The summed E-state index contributed by atoms with van der Waals surface area (Å²) in [5.41, 5.74) is 12.3. The lowest BCUT2D eigenvalue weighted by atomic mass is 9.89. The summed E-state index contributed by atoms with van der Waals surface area (Å²) in [6.45, 7) is 6.52. The quantitative estimate of drug-likeness (QED) is 0.181. The molecule has 4 aromatic rings. The highest BCUT2D eigenvalue weighted by Gasteiger charge is 2.20. The number of carbonyl (C=O) groups excluding carboxylic acids is 1. The van der Waals surface area contributed by atoms with Crippen molar-refractivity contribution in [3.63, 3.8) is 0 Å². The van der Waals surface area contributed by atoms with Gasteiger partial charge in [0.2, 0.25) is 0 Å². The van der Waals surface area contributed by atoms with E-state index in [0.717, 1.165) is 37.1 Å². The number of benzene rings is 3. The number of rotatable bonds is 13. The van der Waals surface area contributed by atoms with E-state index < -0.39 is 0 Å². The summed E-state index contributed by atoms with van der Waals surface area (Å²) in [5.74, 6) is 0.842. The molecule has 0 saturated heterocycles. The van der Waals surface area contributed by atoms with Gasteiger partial charge in [0.05, 0.1) is 11.0 Å². The Hall–Kier alpha value is -2.56. The maximum Gasteiger partial charge on any atom is 0.188 e. The number of hydrogen-bond acceptors (Lipinski definition) is 3. The Bertz CT molecular complexity index is 1320. The summed E-state index contributed by atoms with van der Waals surface area (Å²) in [5, 5.41) is 2.86. The summed E-state index contributed by atoms with van der Waals surface area (Å²) < 4.78 is 2.35. The third kappa shape index (κ3) is 6.66. The van der Waals surface area contributed by atoms with E-state index in [1.165, 1.54) is 70.4 Å². The van der Waals surface area contributed by atoms with Crippen molar-refractivity contribution in [2.24, 2.45) is 5.73 Å². The molecule has 0 radical (unpaired) electrons. The van der Waals surface area contributed by atoms with E-state index in [4.69, 9.17) is 5.73 Å². The Morgan fingerprint density at radius 1 is 0.865 bits per heavy atom. The average Bonchev–Trinajstić information content (AvgIpc) is 3.22. The zero-order valence-electron chi connectivity index (χ0n) is 22.8. The second-order valence-electron chi connectivity index (χ2n) is 10.6. The number of nitrogens with zero attached hydrogens (tertiary/aromatic N) is 1. The molecule has 3 nitrogen and oxygen atoms in total. The highest BCUT2D eigenvalue weighted by atomic mass is 32.2. The Morgan fingerprint density at radius 2 is 1.59 bits per heavy atom. The van der Waals surface area contributed by atoms with Crippen molar-refractivity contribution < 1.29 is 4.79 Å². The van der Waals surface area contributed by atoms with Crippen LogP contribution in [0.25, 0.3) is 27.5 Å². The van der Waals surface area contributed by atoms with Gasteiger partial charge >= 0.3 is 0 Å². The SMILES string of the molecule is CCCCCCCC(=O)SCCc1ccc2c(c1)c1ccccc1n2-c1ccc(C(C)(N)CCC)cc1. The largest absolute Gasteiger partial charge is 0.322 e. The summed E-state index contributed by atoms with van der Waals surface area (Å²) in [4.78, 5) is 12.3. The molecule has 1 atom stereocenters. The van der Waals surface area contributed by atoms with Gasteiger partial charge in [0, 0.05) is 34.2 Å². The van der Waals surface area contributed by atoms with Crippen LogP contribution < -0.4 is 5.73 Å². The Balaban J connectivity index is 1.51. The standard InChI is InChI=1S/C33H42N2OS/c1-4-6-7-8-9-14-32(36)37-23-21-25-15-20-31-29(24-25)28-12-10-11-13-30(28)35(31)27-18-16-26(17-19-27)33(3,34)22-5-2/h10-13,15-20,24H,4-9,14,21-23,34H2,1-3H3. The molecule has 0 fully saturated rings. The molecule has 0 saturated carbocycles. The molecule has 4 rings (SSSR count). The molecule has 3 aromatic carbocycles. The van der Waals surface area contributed by atoms with Gasteiger partial charge in [0.1, 0.15) is 0 Å². The van der Waals surface area contributed by atoms with Crippen LogP contribution in [0, 0.1) is 0 Å². The summed E-state index contributed by atoms with van der Waals surface area (Å²) in [6.07, 6.45) is 9.61. The molecule has 2 N–H and O–H groups in total. The highest BCUT2D eigenvalue weighted by Crippen LogP contribution is 2.34. The van der Waals surface area contributed by atoms with Gasteiger partial charge in [-0.1, -0.05) is 94.1 Å². The topological polar surface area (TPSA) is 48.0 Å². The third-order valence-electron chi connectivity index (χ3n) is 7.43. The fourth-order valence-corrected chi connectivity index (χ4v) is 6.19. The maximum atomic E-state index is 12.3. The molecule has 1 unspecified atom stereocenters. The van der Waals surface area contributed by atoms with Gasteiger partial charge in [0.25, 0.3) is 0 Å². The lowest BCUT2D eigenvalue weighted by molar-refractivity contribution is -0.111. The Kier molecular flexibility index (Phi) is 9.50. The summed E-state index contributed by atoms with van der Waals surface area (Å²) in [6, 6.07) is 24.1. The van der Waals surface area contributed by atoms with Crippen molar-refractivity contribution in [3.05, 3.63) is 77.9 Å². The van der Waals surface area contributed by atoms with Crippen LogP contribution in [0.4, 0.5) is 0 Å². The molecule has 0 amide bonds. The van der Waals surface area contributed by atoms with Crippen molar-refractivity contribution in [3.8, 4) is 5.69 Å². The second kappa shape index (κ2) is 12.8. The van der Waals surface area contributed by atoms with Crippen LogP contribution >= 0.6 is 11.8 Å². The first-order valence-corrected chi connectivity index (χ1v) is 15.0. The molecular weight excluding hydrogens is 472 g/mol. The fraction of sp³-hybridized carbons (Fsp3) is 0.424. The molecule has 4 heteroatoms. The first-order chi connectivity index (χ1) is 17.9. The lowest BCUT2D eigenvalue weighted by Gasteiger charge is -2.25. The van der Waals surface area contributed by atoms with Crippen LogP contribution in [0.5, 0.6) is 0 Å². The van der Waals surface area contributed by atoms with Gasteiger partial charge in [-0.15, -0.1) is 0 Å². The van der Waals surface area contributed by atoms with E-state index in [1.807, 2.05) is 0 Å². The summed E-state index contributed by atoms with van der Waals surface area (Å²) in [7, 11) is 0. The van der Waals surface area contributed by atoms with E-state index in [1.54, 1.807) is 0 Å². The van der Waals surface area contributed by atoms with Crippen LogP contribution in [0.1, 0.15) is 83.3 Å². The van der Waals surface area contributed by atoms with E-state index in [2.05, 4.69) is 92.1 Å². The molecule has 0 aliphatic heterocycles. The van der Waals surface area contributed by atoms with E-state index in [0.29, 0.717) is 11.5 Å². The fourth-order valence-electron chi connectivity index (χ4n) is 5.34. The number of hydrogen-bond donors (Lipinski definition) is 1. The van der Waals surface area contributed by atoms with E-state index >= 15 is 0 Å². The predicted octanol–water partition coefficient (Wildman–Crippen LogP) is 8.92. The van der Waals surface area contributed by atoms with E-state index in [-0.39, 0.29) is 5.54 Å². The van der Waals surface area contributed by atoms with Crippen LogP contribution in [-0.2, 0) is 16.8 Å². The molecule has 0 bridgehead atoms. The van der Waals surface area contributed by atoms with Gasteiger partial charge in [0.15, 0.2) is 5.12 Å². The van der Waals surface area contributed by atoms with Gasteiger partial charge in [-0.05, 0) is 67.6 Å². The van der Waals surface area contributed by atoms with Crippen molar-refractivity contribution in [2.45, 2.75) is 84.1 Å². The van der Waals surface area contributed by atoms with Gasteiger partial charge in [-0.3, -0.25) is 4.79 Å².